The van der Waals surface area contributed by atoms with Crippen molar-refractivity contribution in [2.24, 2.45) is 0 Å². The SMILES string of the molecule is CC(OC(=O)c1ccc(-c2ncc[nH]2)cc1)C(=O)Nc1cccc(Cl)c1Cl. The average Bonchev–Trinajstić information content (AvgIpc) is 3.20. The molecule has 1 atom stereocenters. The first kappa shape index (κ1) is 18.9. The van der Waals surface area contributed by atoms with E-state index in [1.165, 1.54) is 6.92 Å². The number of aromatic amines is 1. The zero-order valence-electron chi connectivity index (χ0n) is 14.2. The number of aromatic nitrogens is 2. The molecule has 0 saturated heterocycles. The number of carbonyl (C=O) groups is 2. The molecule has 1 heterocycles. The highest BCUT2D eigenvalue weighted by Crippen LogP contribution is 2.29. The number of hydrogen-bond acceptors (Lipinski definition) is 4. The third kappa shape index (κ3) is 4.48. The fourth-order valence-corrected chi connectivity index (χ4v) is 2.65. The molecule has 0 fully saturated rings. The van der Waals surface area contributed by atoms with Crippen LogP contribution in [0.15, 0.2) is 54.9 Å². The molecular weight excluding hydrogens is 389 g/mol. The van der Waals surface area contributed by atoms with Crippen molar-refractivity contribution >= 4 is 40.8 Å². The van der Waals surface area contributed by atoms with E-state index in [9.17, 15) is 9.59 Å². The number of hydrogen-bond donors (Lipinski definition) is 2. The molecule has 0 saturated carbocycles. The maximum Gasteiger partial charge on any atom is 0.338 e. The molecule has 0 aliphatic rings. The zero-order chi connectivity index (χ0) is 19.4. The molecule has 0 radical (unpaired) electrons. The van der Waals surface area contributed by atoms with Crippen LogP contribution in [-0.2, 0) is 9.53 Å². The summed E-state index contributed by atoms with van der Waals surface area (Å²) < 4.78 is 5.22. The molecule has 1 unspecified atom stereocenters. The number of amides is 1. The van der Waals surface area contributed by atoms with E-state index in [-0.39, 0.29) is 5.02 Å². The van der Waals surface area contributed by atoms with Crippen molar-refractivity contribution in [1.29, 1.82) is 0 Å². The van der Waals surface area contributed by atoms with Crippen LogP contribution in [0.2, 0.25) is 10.0 Å². The van der Waals surface area contributed by atoms with E-state index in [1.54, 1.807) is 54.9 Å². The molecule has 0 aliphatic carbocycles. The summed E-state index contributed by atoms with van der Waals surface area (Å²) in [6.07, 6.45) is 2.34. The molecule has 138 valence electrons. The van der Waals surface area contributed by atoms with Crippen LogP contribution in [0.1, 0.15) is 17.3 Å². The molecule has 1 aromatic heterocycles. The Balaban J connectivity index is 1.63. The van der Waals surface area contributed by atoms with Gasteiger partial charge in [-0.05, 0) is 31.2 Å². The fraction of sp³-hybridized carbons (Fsp3) is 0.105. The van der Waals surface area contributed by atoms with Crippen molar-refractivity contribution in [2.75, 3.05) is 5.32 Å². The summed E-state index contributed by atoms with van der Waals surface area (Å²) in [6, 6.07) is 11.6. The van der Waals surface area contributed by atoms with Crippen LogP contribution in [0.5, 0.6) is 0 Å². The van der Waals surface area contributed by atoms with Crippen molar-refractivity contribution in [3.05, 3.63) is 70.5 Å². The van der Waals surface area contributed by atoms with E-state index < -0.39 is 18.0 Å². The zero-order valence-corrected chi connectivity index (χ0v) is 15.7. The molecule has 3 rings (SSSR count). The topological polar surface area (TPSA) is 84.1 Å². The van der Waals surface area contributed by atoms with Gasteiger partial charge in [-0.1, -0.05) is 41.4 Å². The van der Waals surface area contributed by atoms with Gasteiger partial charge in [0.2, 0.25) is 0 Å². The minimum atomic E-state index is -1.02. The van der Waals surface area contributed by atoms with Crippen molar-refractivity contribution in [1.82, 2.24) is 9.97 Å². The Morgan fingerprint density at radius 1 is 1.15 bits per heavy atom. The standard InChI is InChI=1S/C19H15Cl2N3O3/c1-11(18(25)24-15-4-2-3-14(20)16(15)21)27-19(26)13-7-5-12(6-8-13)17-22-9-10-23-17/h2-11H,1H3,(H,22,23)(H,24,25). The maximum absolute atomic E-state index is 12.3. The first-order valence-corrected chi connectivity index (χ1v) is 8.77. The van der Waals surface area contributed by atoms with Gasteiger partial charge in [-0.15, -0.1) is 0 Å². The summed E-state index contributed by atoms with van der Waals surface area (Å²) in [5, 5.41) is 3.13. The van der Waals surface area contributed by atoms with Gasteiger partial charge in [0, 0.05) is 18.0 Å². The molecule has 0 aliphatic heterocycles. The molecule has 6 nitrogen and oxygen atoms in total. The van der Waals surface area contributed by atoms with Crippen LogP contribution < -0.4 is 5.32 Å². The van der Waals surface area contributed by atoms with Gasteiger partial charge in [-0.3, -0.25) is 4.79 Å². The minimum Gasteiger partial charge on any atom is -0.449 e. The lowest BCUT2D eigenvalue weighted by molar-refractivity contribution is -0.123. The van der Waals surface area contributed by atoms with Crippen molar-refractivity contribution < 1.29 is 14.3 Å². The molecule has 2 N–H and O–H groups in total. The van der Waals surface area contributed by atoms with E-state index in [0.29, 0.717) is 22.1 Å². The quantitative estimate of drug-likeness (QED) is 0.611. The van der Waals surface area contributed by atoms with Crippen LogP contribution in [0.3, 0.4) is 0 Å². The van der Waals surface area contributed by atoms with Gasteiger partial charge in [0.05, 0.1) is 21.3 Å². The number of benzene rings is 2. The van der Waals surface area contributed by atoms with Crippen LogP contribution in [0, 0.1) is 0 Å². The summed E-state index contributed by atoms with van der Waals surface area (Å²) in [5.41, 5.74) is 1.50. The summed E-state index contributed by atoms with van der Waals surface area (Å²) in [4.78, 5) is 31.6. The number of ether oxygens (including phenoxy) is 1. The summed E-state index contributed by atoms with van der Waals surface area (Å²) >= 11 is 12.0. The molecular formula is C19H15Cl2N3O3. The Morgan fingerprint density at radius 3 is 2.56 bits per heavy atom. The number of nitrogens with zero attached hydrogens (tertiary/aromatic N) is 1. The second-order valence-corrected chi connectivity index (χ2v) is 6.44. The second kappa shape index (κ2) is 8.24. The Morgan fingerprint density at radius 2 is 1.89 bits per heavy atom. The van der Waals surface area contributed by atoms with Gasteiger partial charge >= 0.3 is 5.97 Å². The number of H-pyrrole nitrogens is 1. The molecule has 0 bridgehead atoms. The molecule has 1 amide bonds. The average molecular weight is 404 g/mol. The third-order valence-electron chi connectivity index (χ3n) is 3.75. The summed E-state index contributed by atoms with van der Waals surface area (Å²) in [7, 11) is 0. The van der Waals surface area contributed by atoms with Crippen LogP contribution in [-0.4, -0.2) is 27.9 Å². The van der Waals surface area contributed by atoms with E-state index in [2.05, 4.69) is 15.3 Å². The van der Waals surface area contributed by atoms with Crippen molar-refractivity contribution in [3.8, 4) is 11.4 Å². The van der Waals surface area contributed by atoms with Gasteiger partial charge in [0.1, 0.15) is 5.82 Å². The number of esters is 1. The Bertz CT molecular complexity index is 957. The highest BCUT2D eigenvalue weighted by molar-refractivity contribution is 6.44. The normalized spacial score (nSPS) is 11.7. The van der Waals surface area contributed by atoms with Crippen LogP contribution >= 0.6 is 23.2 Å². The Hall–Kier alpha value is -2.83. The number of imidazole rings is 1. The minimum absolute atomic E-state index is 0.222. The smallest absolute Gasteiger partial charge is 0.338 e. The summed E-state index contributed by atoms with van der Waals surface area (Å²) in [5.74, 6) is -0.429. The number of nitrogens with one attached hydrogen (secondary N) is 2. The number of anilines is 1. The summed E-state index contributed by atoms with van der Waals surface area (Å²) in [6.45, 7) is 1.48. The second-order valence-electron chi connectivity index (χ2n) is 5.65. The maximum atomic E-state index is 12.3. The fourth-order valence-electron chi connectivity index (χ4n) is 2.30. The lowest BCUT2D eigenvalue weighted by Gasteiger charge is -2.14. The van der Waals surface area contributed by atoms with Crippen molar-refractivity contribution in [3.63, 3.8) is 0 Å². The van der Waals surface area contributed by atoms with Gasteiger partial charge in [-0.2, -0.15) is 0 Å². The van der Waals surface area contributed by atoms with E-state index >= 15 is 0 Å². The highest BCUT2D eigenvalue weighted by atomic mass is 35.5. The predicted molar refractivity (Wildman–Crippen MR) is 104 cm³/mol. The highest BCUT2D eigenvalue weighted by Gasteiger charge is 2.20. The number of halogens is 2. The lowest BCUT2D eigenvalue weighted by Crippen LogP contribution is -2.30. The largest absolute Gasteiger partial charge is 0.449 e. The van der Waals surface area contributed by atoms with Crippen LogP contribution in [0.4, 0.5) is 5.69 Å². The first-order chi connectivity index (χ1) is 13.0. The number of rotatable bonds is 5. The number of carbonyl (C=O) groups excluding carboxylic acids is 2. The Labute approximate surface area is 165 Å². The van der Waals surface area contributed by atoms with E-state index in [0.717, 1.165) is 5.56 Å². The third-order valence-corrected chi connectivity index (χ3v) is 4.57. The lowest BCUT2D eigenvalue weighted by atomic mass is 10.1. The van der Waals surface area contributed by atoms with Gasteiger partial charge < -0.3 is 15.0 Å². The van der Waals surface area contributed by atoms with Gasteiger partial charge in [0.15, 0.2) is 6.10 Å². The molecule has 27 heavy (non-hydrogen) atoms. The molecule has 0 spiro atoms. The van der Waals surface area contributed by atoms with E-state index in [1.807, 2.05) is 0 Å². The van der Waals surface area contributed by atoms with E-state index in [4.69, 9.17) is 27.9 Å². The van der Waals surface area contributed by atoms with Crippen LogP contribution in [0.25, 0.3) is 11.4 Å². The predicted octanol–water partition coefficient (Wildman–Crippen LogP) is 4.57. The Kier molecular flexibility index (Phi) is 5.78. The molecule has 8 heteroatoms. The first-order valence-electron chi connectivity index (χ1n) is 8.01. The van der Waals surface area contributed by atoms with Crippen molar-refractivity contribution in [2.45, 2.75) is 13.0 Å². The monoisotopic (exact) mass is 403 g/mol. The molecule has 2 aromatic carbocycles. The van der Waals surface area contributed by atoms with Gasteiger partial charge in [0.25, 0.3) is 5.91 Å². The van der Waals surface area contributed by atoms with Gasteiger partial charge in [-0.25, -0.2) is 9.78 Å². The molecule has 3 aromatic rings.